The number of nitrogens with zero attached hydrogens (tertiary/aromatic N) is 9. The molecule has 7 unspecified atom stereocenters. The first-order valence-corrected chi connectivity index (χ1v) is 34.3. The van der Waals surface area contributed by atoms with Crippen LogP contribution in [0.1, 0.15) is 55.8 Å². The third kappa shape index (κ3) is 10.6. The first kappa shape index (κ1) is 60.8. The minimum absolute atomic E-state index is 0.00399. The van der Waals surface area contributed by atoms with E-state index >= 15 is 0 Å². The maximum atomic E-state index is 14.9. The van der Waals surface area contributed by atoms with E-state index in [1.165, 1.54) is 45.7 Å². The van der Waals surface area contributed by atoms with Crippen molar-refractivity contribution in [1.29, 1.82) is 0 Å². The Hall–Kier alpha value is -5.10. The van der Waals surface area contributed by atoms with Crippen LogP contribution in [0.4, 0.5) is 17.7 Å². The molecule has 7 aliphatic rings. The summed E-state index contributed by atoms with van der Waals surface area (Å²) in [5, 5.41) is 11.6. The number of fused-ring (bicyclic) bond motifs is 8. The van der Waals surface area contributed by atoms with Crippen molar-refractivity contribution < 1.29 is 79.8 Å². The van der Waals surface area contributed by atoms with Crippen LogP contribution in [0.3, 0.4) is 0 Å². The van der Waals surface area contributed by atoms with Gasteiger partial charge in [0.2, 0.25) is 11.9 Å². The summed E-state index contributed by atoms with van der Waals surface area (Å²) in [6.07, 6.45) is -8.96. The van der Waals surface area contributed by atoms with E-state index in [2.05, 4.69) is 52.1 Å². The summed E-state index contributed by atoms with van der Waals surface area (Å²) in [5.41, 5.74) is 9.10. The molecule has 7 fully saturated rings. The molecule has 18 atom stereocenters. The van der Waals surface area contributed by atoms with Crippen molar-refractivity contribution in [3.63, 3.8) is 0 Å². The largest absolute Gasteiger partial charge is 0.387 e. The van der Waals surface area contributed by atoms with Crippen molar-refractivity contribution in [3.05, 3.63) is 88.2 Å². The fourth-order valence-corrected chi connectivity index (χ4v) is 16.3. The average molecular weight is 1330 g/mol. The van der Waals surface area contributed by atoms with E-state index in [1.54, 1.807) is 13.8 Å². The second-order valence-electron chi connectivity index (χ2n) is 21.7. The van der Waals surface area contributed by atoms with Gasteiger partial charge in [-0.1, -0.05) is 19.2 Å². The highest BCUT2D eigenvalue weighted by atomic mass is 32.7. The predicted octanol–water partition coefficient (Wildman–Crippen LogP) is -1.84. The molecular weight excluding hydrogens is 1280 g/mol. The molecule has 0 radical (unpaired) electrons. The highest BCUT2D eigenvalue weighted by molar-refractivity contribution is 8.44. The van der Waals surface area contributed by atoms with Gasteiger partial charge in [0, 0.05) is 29.9 Å². The lowest BCUT2D eigenvalue weighted by molar-refractivity contribution is -0.186. The van der Waals surface area contributed by atoms with Crippen molar-refractivity contribution in [2.24, 2.45) is 0 Å². The summed E-state index contributed by atoms with van der Waals surface area (Å²) in [5.74, 6) is -0.556. The standard InChI is InChI=1S/C44H54N15O22P3S3/c1-4-18-19(5-20(75-18)56-7-17(3)32(61)55-41(56)65)79-82(66,85)73-12-43-9-70-24(36(77-43)57-6-16(2)29(45)50-40(57)64)27(43)80-84(68,87)74-13-44-10-71-25(37(78-44)59-15-49-22-31(59)52-39(47)54-34(22)63)28(44)81-83(67,86)72-11-42-8-69-23(26(42)60)35(76-42)58-14-48-21-30(58)51-38(46)53-33(21)62/h6-7,14-15,18-20,23-28,35-37,60H,4-5,8-13H2,1-3H3,(H,66,85)(H,67,86)(H,68,87)(H2,45,50,64)(H,55,61,65)(H3,46,51,53,62)(H3,47,52,54,63)/t18-,19?,20-,23+,24+,25+,26?,27?,28?,35-,36-,37-,42-,43-,44-,82?,83?,84?/m1/s1. The summed E-state index contributed by atoms with van der Waals surface area (Å²) in [6.45, 7) is -12.0. The van der Waals surface area contributed by atoms with Crippen LogP contribution in [0.25, 0.3) is 22.3 Å². The number of hydrogen-bond donors (Lipinski definition) is 10. The number of rotatable bonds is 20. The van der Waals surface area contributed by atoms with Gasteiger partial charge in [0.25, 0.3) is 16.7 Å². The number of imidazole rings is 2. The number of aliphatic hydroxyl groups excluding tert-OH is 1. The van der Waals surface area contributed by atoms with Gasteiger partial charge >= 0.3 is 31.6 Å². The van der Waals surface area contributed by atoms with Crippen LogP contribution in [0, 0.1) is 13.8 Å². The quantitative estimate of drug-likeness (QED) is 0.0296. The van der Waals surface area contributed by atoms with E-state index in [-0.39, 0.29) is 65.2 Å². The van der Waals surface area contributed by atoms with Crippen molar-refractivity contribution in [3.8, 4) is 0 Å². The van der Waals surface area contributed by atoms with Gasteiger partial charge in [-0.25, -0.2) is 24.1 Å². The van der Waals surface area contributed by atoms with E-state index in [0.29, 0.717) is 12.0 Å². The van der Waals surface area contributed by atoms with Crippen LogP contribution in [-0.2, 0) is 88.5 Å². The monoisotopic (exact) mass is 1330 g/mol. The Balaban J connectivity index is 0.755. The molecule has 13 rings (SSSR count). The van der Waals surface area contributed by atoms with E-state index in [0.717, 1.165) is 4.57 Å². The number of aryl methyl sites for hydroxylation is 2. The van der Waals surface area contributed by atoms with Crippen LogP contribution >= 0.6 is 32.5 Å². The van der Waals surface area contributed by atoms with Crippen LogP contribution in [0.5, 0.6) is 0 Å². The molecule has 7 aliphatic heterocycles. The molecule has 43 heteroatoms. The normalized spacial score (nSPS) is 34.6. The Kier molecular flexibility index (Phi) is 15.2. The zero-order valence-electron chi connectivity index (χ0n) is 45.4. The van der Waals surface area contributed by atoms with Gasteiger partial charge in [-0.15, -0.1) is 0 Å². The fourth-order valence-electron chi connectivity index (χ4n) is 11.8. The number of thiol groups is 1. The summed E-state index contributed by atoms with van der Waals surface area (Å²) >= 11 is 15.5. The van der Waals surface area contributed by atoms with Gasteiger partial charge in [-0.3, -0.25) is 61.2 Å². The SMILES string of the molecule is CC[C@H]1O[C@@H](n2cc(C)c(=O)[nH]c2=O)CC1OP(O)(=S)OC[C@]12CO[C@@H](C1OP(=O)(S)OC[C@]13CO[C@@H](C1OP(O)(=S)OC[C@]14CO[C@@H](C1O)[C@H](n1cnc5c(=O)[nH]c(N)nc51)O4)[C@H](n1cnc4c(=O)[nH]c(N)nc41)O3)[C@H](n1cc(C)c(N)nc1=O)O2. The Morgan fingerprint density at radius 1 is 0.690 bits per heavy atom. The summed E-state index contributed by atoms with van der Waals surface area (Å²) in [4.78, 5) is 115. The minimum atomic E-state index is -4.82. The molecule has 87 heavy (non-hydrogen) atoms. The van der Waals surface area contributed by atoms with Gasteiger partial charge in [-0.2, -0.15) is 15.0 Å². The number of ether oxygens (including phenoxy) is 7. The van der Waals surface area contributed by atoms with E-state index in [1.807, 2.05) is 0 Å². The second-order valence-corrected chi connectivity index (χ2v) is 30.2. The highest BCUT2D eigenvalue weighted by Gasteiger charge is 2.68. The molecule has 13 heterocycles. The average Bonchev–Trinajstić information content (AvgIpc) is 1.62. The maximum Gasteiger partial charge on any atom is 0.386 e. The number of aliphatic hydroxyl groups is 1. The predicted molar refractivity (Wildman–Crippen MR) is 304 cm³/mol. The maximum absolute atomic E-state index is 14.9. The molecule has 0 spiro atoms. The lowest BCUT2D eigenvalue weighted by Gasteiger charge is -2.35. The Labute approximate surface area is 501 Å². The molecule has 6 aromatic rings. The van der Waals surface area contributed by atoms with Crippen molar-refractivity contribution in [2.75, 3.05) is 56.8 Å². The molecule has 0 amide bonds. The van der Waals surface area contributed by atoms with Crippen LogP contribution in [0.15, 0.2) is 49.0 Å². The number of aromatic nitrogens is 12. The minimum Gasteiger partial charge on any atom is -0.387 e. The molecular formula is C44H54N15O22P3S3. The van der Waals surface area contributed by atoms with Crippen molar-refractivity contribution in [2.45, 2.75) is 124 Å². The molecule has 6 aromatic heterocycles. The molecule has 0 saturated carbocycles. The third-order valence-corrected chi connectivity index (χ3v) is 20.7. The first-order chi connectivity index (χ1) is 41.1. The lowest BCUT2D eigenvalue weighted by Crippen LogP contribution is -2.47. The molecule has 0 aliphatic carbocycles. The first-order valence-electron chi connectivity index (χ1n) is 26.4. The zero-order valence-corrected chi connectivity index (χ0v) is 50.6. The molecule has 470 valence electrons. The number of anilines is 3. The zero-order chi connectivity index (χ0) is 61.7. The van der Waals surface area contributed by atoms with E-state index < -0.39 is 165 Å². The third-order valence-electron chi connectivity index (χ3n) is 16.1. The molecule has 6 bridgehead atoms. The Bertz CT molecular complexity index is 4250. The Morgan fingerprint density at radius 3 is 1.80 bits per heavy atom. The molecule has 37 nitrogen and oxygen atoms in total. The fraction of sp³-hybridized carbons (Fsp3) is 0.591. The molecule has 0 aromatic carbocycles. The van der Waals surface area contributed by atoms with Gasteiger partial charge in [0.1, 0.15) is 65.5 Å². The van der Waals surface area contributed by atoms with Gasteiger partial charge in [0.05, 0.1) is 64.5 Å². The van der Waals surface area contributed by atoms with Crippen molar-refractivity contribution >= 4 is 96.1 Å². The van der Waals surface area contributed by atoms with Gasteiger partial charge in [0.15, 0.2) is 41.0 Å². The van der Waals surface area contributed by atoms with Gasteiger partial charge in [-0.05, 0) is 43.9 Å². The molecule has 7 saturated heterocycles. The summed E-state index contributed by atoms with van der Waals surface area (Å²) in [6, 6.07) is 0. The van der Waals surface area contributed by atoms with Crippen LogP contribution in [-0.4, -0.2) is 178 Å². The lowest BCUT2D eigenvalue weighted by atomic mass is 10.0. The van der Waals surface area contributed by atoms with Crippen molar-refractivity contribution in [1.82, 2.24) is 58.1 Å². The number of nitrogens with one attached hydrogen (secondary N) is 3. The smallest absolute Gasteiger partial charge is 0.386 e. The summed E-state index contributed by atoms with van der Waals surface area (Å²) in [7, 11) is 0. The van der Waals surface area contributed by atoms with Gasteiger partial charge < -0.3 is 78.8 Å². The molecule has 12 N–H and O–H groups in total. The van der Waals surface area contributed by atoms with Crippen LogP contribution < -0.4 is 45.3 Å². The number of nitrogen functional groups attached to an aromatic ring is 3. The number of hydrogen-bond acceptors (Lipinski definition) is 30. The summed E-state index contributed by atoms with van der Waals surface area (Å²) < 4.78 is 100. The Morgan fingerprint density at radius 2 is 1.20 bits per heavy atom. The number of H-pyrrole nitrogens is 3. The second kappa shape index (κ2) is 21.8. The number of aromatic amines is 3. The number of nitrogens with two attached hydrogens (primary N) is 3. The van der Waals surface area contributed by atoms with Crippen LogP contribution in [0.2, 0.25) is 0 Å². The highest BCUT2D eigenvalue weighted by Crippen LogP contribution is 2.63. The van der Waals surface area contributed by atoms with E-state index in [4.69, 9.17) is 101 Å². The van der Waals surface area contributed by atoms with E-state index in [9.17, 15) is 43.4 Å². The topological polar surface area (TPSA) is 493 Å².